The molecule has 0 spiro atoms. The first-order chi connectivity index (χ1) is 7.11. The second-order valence-electron chi connectivity index (χ2n) is 3.21. The van der Waals surface area contributed by atoms with Crippen molar-refractivity contribution in [3.05, 3.63) is 0 Å². The molecule has 15 heavy (non-hydrogen) atoms. The number of carbonyl (C=O) groups is 2. The standard InChI is InChI=1S/C11H17NO3/c1-3-5-6-7-8-10(13)12(4-2)9-11(14)15/h1H,4-9H2,2H3,(H,14,15). The van der Waals surface area contributed by atoms with E-state index in [0.29, 0.717) is 19.4 Å². The maximum absolute atomic E-state index is 11.5. The zero-order valence-electron chi connectivity index (χ0n) is 9.03. The second kappa shape index (κ2) is 7.86. The molecule has 0 radical (unpaired) electrons. The van der Waals surface area contributed by atoms with Crippen molar-refractivity contribution in [1.82, 2.24) is 4.90 Å². The quantitative estimate of drug-likeness (QED) is 0.507. The van der Waals surface area contributed by atoms with Gasteiger partial charge in [0.1, 0.15) is 6.54 Å². The van der Waals surface area contributed by atoms with Crippen LogP contribution in [0.4, 0.5) is 0 Å². The fourth-order valence-electron chi connectivity index (χ4n) is 1.20. The molecule has 0 atom stereocenters. The van der Waals surface area contributed by atoms with E-state index in [9.17, 15) is 9.59 Å². The molecule has 0 unspecified atom stereocenters. The SMILES string of the molecule is C#CCCCCC(=O)N(CC)CC(=O)O. The second-order valence-corrected chi connectivity index (χ2v) is 3.21. The van der Waals surface area contributed by atoms with Crippen molar-refractivity contribution in [2.75, 3.05) is 13.1 Å². The minimum atomic E-state index is -0.978. The van der Waals surface area contributed by atoms with Crippen molar-refractivity contribution >= 4 is 11.9 Å². The van der Waals surface area contributed by atoms with E-state index in [-0.39, 0.29) is 12.5 Å². The van der Waals surface area contributed by atoms with Gasteiger partial charge in [-0.1, -0.05) is 0 Å². The highest BCUT2D eigenvalue weighted by molar-refractivity contribution is 5.81. The third-order valence-electron chi connectivity index (χ3n) is 2.02. The van der Waals surface area contributed by atoms with Crippen LogP contribution in [-0.2, 0) is 9.59 Å². The minimum absolute atomic E-state index is 0.114. The molecule has 0 saturated carbocycles. The first-order valence-corrected chi connectivity index (χ1v) is 5.04. The summed E-state index contributed by atoms with van der Waals surface area (Å²) in [5, 5.41) is 8.55. The highest BCUT2D eigenvalue weighted by Gasteiger charge is 2.13. The van der Waals surface area contributed by atoms with Crippen LogP contribution >= 0.6 is 0 Å². The number of unbranched alkanes of at least 4 members (excludes halogenated alkanes) is 2. The van der Waals surface area contributed by atoms with Crippen molar-refractivity contribution in [2.24, 2.45) is 0 Å². The van der Waals surface area contributed by atoms with Gasteiger partial charge in [-0.25, -0.2) is 0 Å². The lowest BCUT2D eigenvalue weighted by atomic mass is 10.2. The third-order valence-corrected chi connectivity index (χ3v) is 2.02. The minimum Gasteiger partial charge on any atom is -0.480 e. The lowest BCUT2D eigenvalue weighted by molar-refractivity contribution is -0.144. The number of rotatable bonds is 7. The number of nitrogens with zero attached hydrogens (tertiary/aromatic N) is 1. The lowest BCUT2D eigenvalue weighted by Gasteiger charge is -2.18. The van der Waals surface area contributed by atoms with E-state index in [4.69, 9.17) is 11.5 Å². The van der Waals surface area contributed by atoms with Gasteiger partial charge in [-0.15, -0.1) is 12.3 Å². The van der Waals surface area contributed by atoms with Crippen LogP contribution in [0, 0.1) is 12.3 Å². The normalized spacial score (nSPS) is 9.33. The fraction of sp³-hybridized carbons (Fsp3) is 0.636. The molecule has 84 valence electrons. The molecular weight excluding hydrogens is 194 g/mol. The third kappa shape index (κ3) is 6.55. The van der Waals surface area contributed by atoms with Gasteiger partial charge in [-0.2, -0.15) is 0 Å². The Hall–Kier alpha value is -1.50. The largest absolute Gasteiger partial charge is 0.480 e. The predicted molar refractivity (Wildman–Crippen MR) is 57.2 cm³/mol. The summed E-state index contributed by atoms with van der Waals surface area (Å²) in [6.07, 6.45) is 7.65. The summed E-state index contributed by atoms with van der Waals surface area (Å²) in [4.78, 5) is 23.2. The molecule has 0 aromatic carbocycles. The zero-order valence-corrected chi connectivity index (χ0v) is 9.03. The van der Waals surface area contributed by atoms with Crippen LogP contribution in [0.5, 0.6) is 0 Å². The summed E-state index contributed by atoms with van der Waals surface area (Å²) in [7, 11) is 0. The van der Waals surface area contributed by atoms with E-state index in [0.717, 1.165) is 12.8 Å². The van der Waals surface area contributed by atoms with Gasteiger partial charge in [0.2, 0.25) is 5.91 Å². The van der Waals surface area contributed by atoms with Gasteiger partial charge in [0.15, 0.2) is 0 Å². The number of carboxylic acids is 1. The molecular formula is C11H17NO3. The average molecular weight is 211 g/mol. The van der Waals surface area contributed by atoms with E-state index < -0.39 is 5.97 Å². The highest BCUT2D eigenvalue weighted by Crippen LogP contribution is 2.02. The molecule has 0 aromatic heterocycles. The van der Waals surface area contributed by atoms with Gasteiger partial charge in [0, 0.05) is 19.4 Å². The molecule has 0 rings (SSSR count). The molecule has 1 amide bonds. The summed E-state index contributed by atoms with van der Waals surface area (Å²) in [6, 6.07) is 0. The predicted octanol–water partition coefficient (Wildman–Crippen LogP) is 1.11. The molecule has 0 aliphatic rings. The first kappa shape index (κ1) is 13.5. The summed E-state index contributed by atoms with van der Waals surface area (Å²) >= 11 is 0. The van der Waals surface area contributed by atoms with Crippen LogP contribution in [0.3, 0.4) is 0 Å². The van der Waals surface area contributed by atoms with Crippen molar-refractivity contribution in [2.45, 2.75) is 32.6 Å². The Kier molecular flexibility index (Phi) is 7.08. The Bertz CT molecular complexity index is 255. The van der Waals surface area contributed by atoms with E-state index in [2.05, 4.69) is 5.92 Å². The highest BCUT2D eigenvalue weighted by atomic mass is 16.4. The molecule has 0 bridgehead atoms. The number of amides is 1. The van der Waals surface area contributed by atoms with E-state index in [1.807, 2.05) is 0 Å². The first-order valence-electron chi connectivity index (χ1n) is 5.04. The lowest BCUT2D eigenvalue weighted by Crippen LogP contribution is -2.35. The molecule has 4 nitrogen and oxygen atoms in total. The zero-order chi connectivity index (χ0) is 11.7. The van der Waals surface area contributed by atoms with E-state index in [1.165, 1.54) is 4.90 Å². The van der Waals surface area contributed by atoms with Crippen LogP contribution in [0.15, 0.2) is 0 Å². The monoisotopic (exact) mass is 211 g/mol. The topological polar surface area (TPSA) is 57.6 Å². The van der Waals surface area contributed by atoms with Crippen molar-refractivity contribution in [3.63, 3.8) is 0 Å². The maximum atomic E-state index is 11.5. The number of hydrogen-bond donors (Lipinski definition) is 1. The fourth-order valence-corrected chi connectivity index (χ4v) is 1.20. The van der Waals surface area contributed by atoms with Crippen molar-refractivity contribution in [3.8, 4) is 12.3 Å². The molecule has 0 aliphatic heterocycles. The number of likely N-dealkylation sites (N-methyl/N-ethyl adjacent to an activating group) is 1. The molecule has 0 fully saturated rings. The summed E-state index contributed by atoms with van der Waals surface area (Å²) < 4.78 is 0. The van der Waals surface area contributed by atoms with Gasteiger partial charge >= 0.3 is 5.97 Å². The Morgan fingerprint density at radius 1 is 1.40 bits per heavy atom. The Morgan fingerprint density at radius 3 is 2.53 bits per heavy atom. The van der Waals surface area contributed by atoms with Gasteiger partial charge in [0.25, 0.3) is 0 Å². The average Bonchev–Trinajstić information content (AvgIpc) is 2.20. The molecule has 0 aliphatic carbocycles. The van der Waals surface area contributed by atoms with Crippen molar-refractivity contribution < 1.29 is 14.7 Å². The smallest absolute Gasteiger partial charge is 0.323 e. The molecule has 4 heteroatoms. The molecule has 1 N–H and O–H groups in total. The van der Waals surface area contributed by atoms with Gasteiger partial charge < -0.3 is 10.0 Å². The summed E-state index contributed by atoms with van der Waals surface area (Å²) in [5.74, 6) is 1.41. The number of aliphatic carboxylic acids is 1. The van der Waals surface area contributed by atoms with Crippen LogP contribution in [0.25, 0.3) is 0 Å². The Labute approximate surface area is 90.3 Å². The molecule has 0 aromatic rings. The number of terminal acetylenes is 1. The Balaban J connectivity index is 3.84. The number of carboxylic acid groups (broad SMARTS) is 1. The summed E-state index contributed by atoms with van der Waals surface area (Å²) in [6.45, 7) is 1.98. The Morgan fingerprint density at radius 2 is 2.07 bits per heavy atom. The van der Waals surface area contributed by atoms with Crippen LogP contribution in [0.2, 0.25) is 0 Å². The molecule has 0 heterocycles. The van der Waals surface area contributed by atoms with Crippen LogP contribution < -0.4 is 0 Å². The number of hydrogen-bond acceptors (Lipinski definition) is 2. The van der Waals surface area contributed by atoms with Crippen LogP contribution in [0.1, 0.15) is 32.6 Å². The van der Waals surface area contributed by atoms with Gasteiger partial charge in [0.05, 0.1) is 0 Å². The number of carbonyl (C=O) groups excluding carboxylic acids is 1. The van der Waals surface area contributed by atoms with E-state index in [1.54, 1.807) is 6.92 Å². The van der Waals surface area contributed by atoms with E-state index >= 15 is 0 Å². The maximum Gasteiger partial charge on any atom is 0.323 e. The summed E-state index contributed by atoms with van der Waals surface area (Å²) in [5.41, 5.74) is 0. The van der Waals surface area contributed by atoms with Crippen molar-refractivity contribution in [1.29, 1.82) is 0 Å². The molecule has 0 saturated heterocycles. The van der Waals surface area contributed by atoms with Gasteiger partial charge in [-0.05, 0) is 19.8 Å². The van der Waals surface area contributed by atoms with Crippen LogP contribution in [-0.4, -0.2) is 35.0 Å². The van der Waals surface area contributed by atoms with Gasteiger partial charge in [-0.3, -0.25) is 9.59 Å².